The van der Waals surface area contributed by atoms with Gasteiger partial charge in [-0.25, -0.2) is 0 Å². The Bertz CT molecular complexity index is 1270. The Balaban J connectivity index is 1.19. The maximum atomic E-state index is 13.0. The minimum atomic E-state index is -0.0481. The standard InChI is InChI=1S/C29H26N2O2/c32-28(27-12-6-10-23-9-4-5-11-26(23)27)30-25-17-19-31(20-18-25)29(33)24-15-13-22(14-16-24)21-7-2-1-3-8-21/h1-16,25H,17-20H2,(H,30,32). The lowest BCUT2D eigenvalue weighted by Crippen LogP contribution is -2.46. The molecule has 1 heterocycles. The molecular weight excluding hydrogens is 408 g/mol. The zero-order valence-corrected chi connectivity index (χ0v) is 18.4. The second-order valence-corrected chi connectivity index (χ2v) is 8.51. The largest absolute Gasteiger partial charge is 0.349 e. The van der Waals surface area contributed by atoms with Crippen LogP contribution in [0.1, 0.15) is 33.6 Å². The Hall–Kier alpha value is -3.92. The Labute approximate surface area is 193 Å². The Kier molecular flexibility index (Phi) is 5.90. The first-order chi connectivity index (χ1) is 16.2. The molecule has 0 unspecified atom stereocenters. The molecular formula is C29H26N2O2. The summed E-state index contributed by atoms with van der Waals surface area (Å²) in [6.07, 6.45) is 1.51. The van der Waals surface area contributed by atoms with Gasteiger partial charge in [0.15, 0.2) is 0 Å². The molecule has 164 valence electrons. The van der Waals surface area contributed by atoms with E-state index >= 15 is 0 Å². The topological polar surface area (TPSA) is 49.4 Å². The van der Waals surface area contributed by atoms with Crippen LogP contribution in [-0.4, -0.2) is 35.8 Å². The molecule has 0 aromatic heterocycles. The van der Waals surface area contributed by atoms with Gasteiger partial charge in [0.2, 0.25) is 0 Å². The summed E-state index contributed by atoms with van der Waals surface area (Å²) in [6.45, 7) is 1.28. The summed E-state index contributed by atoms with van der Waals surface area (Å²) >= 11 is 0. The molecule has 1 saturated heterocycles. The minimum absolute atomic E-state index is 0.0481. The van der Waals surface area contributed by atoms with Crippen molar-refractivity contribution < 1.29 is 9.59 Å². The highest BCUT2D eigenvalue weighted by atomic mass is 16.2. The number of rotatable bonds is 4. The first kappa shape index (κ1) is 21.0. The highest BCUT2D eigenvalue weighted by Gasteiger charge is 2.25. The first-order valence-corrected chi connectivity index (χ1v) is 11.4. The third-order valence-electron chi connectivity index (χ3n) is 6.39. The number of hydrogen-bond acceptors (Lipinski definition) is 2. The average Bonchev–Trinajstić information content (AvgIpc) is 2.89. The van der Waals surface area contributed by atoms with E-state index in [1.807, 2.05) is 89.8 Å². The van der Waals surface area contributed by atoms with Crippen molar-refractivity contribution in [2.75, 3.05) is 13.1 Å². The van der Waals surface area contributed by atoms with E-state index in [-0.39, 0.29) is 17.9 Å². The number of nitrogens with zero attached hydrogens (tertiary/aromatic N) is 1. The summed E-state index contributed by atoms with van der Waals surface area (Å²) in [5.41, 5.74) is 3.64. The maximum absolute atomic E-state index is 13.0. The summed E-state index contributed by atoms with van der Waals surface area (Å²) in [5, 5.41) is 5.20. The van der Waals surface area contributed by atoms with E-state index in [9.17, 15) is 9.59 Å². The molecule has 1 aliphatic heterocycles. The van der Waals surface area contributed by atoms with E-state index in [2.05, 4.69) is 17.4 Å². The van der Waals surface area contributed by atoms with Crippen LogP contribution in [0.25, 0.3) is 21.9 Å². The van der Waals surface area contributed by atoms with Gasteiger partial charge in [0, 0.05) is 30.3 Å². The summed E-state index contributed by atoms with van der Waals surface area (Å²) in [6, 6.07) is 31.8. The van der Waals surface area contributed by atoms with Crippen molar-refractivity contribution in [2.24, 2.45) is 0 Å². The van der Waals surface area contributed by atoms with Crippen LogP contribution in [0.3, 0.4) is 0 Å². The van der Waals surface area contributed by atoms with Crippen LogP contribution in [0, 0.1) is 0 Å². The second-order valence-electron chi connectivity index (χ2n) is 8.51. The van der Waals surface area contributed by atoms with Crippen molar-refractivity contribution >= 4 is 22.6 Å². The van der Waals surface area contributed by atoms with E-state index in [0.717, 1.165) is 34.7 Å². The summed E-state index contributed by atoms with van der Waals surface area (Å²) in [5.74, 6) is 0.00141. The van der Waals surface area contributed by atoms with Gasteiger partial charge in [-0.15, -0.1) is 0 Å². The van der Waals surface area contributed by atoms with Gasteiger partial charge in [0.25, 0.3) is 11.8 Å². The van der Waals surface area contributed by atoms with E-state index in [4.69, 9.17) is 0 Å². The van der Waals surface area contributed by atoms with E-state index < -0.39 is 0 Å². The lowest BCUT2D eigenvalue weighted by Gasteiger charge is -2.32. The van der Waals surface area contributed by atoms with Gasteiger partial charge in [-0.1, -0.05) is 78.9 Å². The van der Waals surface area contributed by atoms with E-state index in [1.165, 1.54) is 0 Å². The Morgan fingerprint density at radius 1 is 0.697 bits per heavy atom. The number of nitrogens with one attached hydrogen (secondary N) is 1. The summed E-state index contributed by atoms with van der Waals surface area (Å²) < 4.78 is 0. The molecule has 4 aromatic carbocycles. The monoisotopic (exact) mass is 434 g/mol. The molecule has 5 rings (SSSR count). The molecule has 1 aliphatic rings. The van der Waals surface area contributed by atoms with Gasteiger partial charge in [-0.05, 0) is 52.9 Å². The Morgan fingerprint density at radius 3 is 2.09 bits per heavy atom. The Morgan fingerprint density at radius 2 is 1.33 bits per heavy atom. The fourth-order valence-corrected chi connectivity index (χ4v) is 4.53. The molecule has 4 heteroatoms. The van der Waals surface area contributed by atoms with Crippen LogP contribution in [0.4, 0.5) is 0 Å². The van der Waals surface area contributed by atoms with Crippen LogP contribution in [0.15, 0.2) is 97.1 Å². The van der Waals surface area contributed by atoms with Gasteiger partial charge in [-0.2, -0.15) is 0 Å². The quantitative estimate of drug-likeness (QED) is 0.458. The molecule has 0 bridgehead atoms. The zero-order valence-electron chi connectivity index (χ0n) is 18.4. The zero-order chi connectivity index (χ0) is 22.6. The molecule has 2 amide bonds. The van der Waals surface area contributed by atoms with Crippen molar-refractivity contribution in [2.45, 2.75) is 18.9 Å². The molecule has 0 atom stereocenters. The van der Waals surface area contributed by atoms with Crippen molar-refractivity contribution in [3.63, 3.8) is 0 Å². The van der Waals surface area contributed by atoms with Gasteiger partial charge in [0.1, 0.15) is 0 Å². The highest BCUT2D eigenvalue weighted by molar-refractivity contribution is 6.07. The van der Waals surface area contributed by atoms with Crippen molar-refractivity contribution in [3.05, 3.63) is 108 Å². The van der Waals surface area contributed by atoms with Crippen LogP contribution in [0.5, 0.6) is 0 Å². The van der Waals surface area contributed by atoms with Gasteiger partial charge >= 0.3 is 0 Å². The predicted octanol–water partition coefficient (Wildman–Crippen LogP) is 5.54. The lowest BCUT2D eigenvalue weighted by molar-refractivity contribution is 0.0698. The van der Waals surface area contributed by atoms with E-state index in [0.29, 0.717) is 24.2 Å². The SMILES string of the molecule is O=C(NC1CCN(C(=O)c2ccc(-c3ccccc3)cc2)CC1)c1cccc2ccccc12. The van der Waals surface area contributed by atoms with Crippen LogP contribution in [-0.2, 0) is 0 Å². The number of hydrogen-bond donors (Lipinski definition) is 1. The maximum Gasteiger partial charge on any atom is 0.253 e. The molecule has 0 aliphatic carbocycles. The number of carbonyl (C=O) groups excluding carboxylic acids is 2. The third kappa shape index (κ3) is 4.51. The summed E-state index contributed by atoms with van der Waals surface area (Å²) in [7, 11) is 0. The molecule has 1 fully saturated rings. The molecule has 1 N–H and O–H groups in total. The lowest BCUT2D eigenvalue weighted by atomic mass is 10.0. The van der Waals surface area contributed by atoms with Crippen molar-refractivity contribution in [1.29, 1.82) is 0 Å². The van der Waals surface area contributed by atoms with Gasteiger partial charge in [-0.3, -0.25) is 9.59 Å². The first-order valence-electron chi connectivity index (χ1n) is 11.4. The number of amides is 2. The van der Waals surface area contributed by atoms with Crippen LogP contribution < -0.4 is 5.32 Å². The van der Waals surface area contributed by atoms with Crippen LogP contribution >= 0.6 is 0 Å². The smallest absolute Gasteiger partial charge is 0.253 e. The molecule has 33 heavy (non-hydrogen) atoms. The molecule has 4 aromatic rings. The molecule has 0 spiro atoms. The number of benzene rings is 4. The van der Waals surface area contributed by atoms with Gasteiger partial charge in [0.05, 0.1) is 0 Å². The van der Waals surface area contributed by atoms with E-state index in [1.54, 1.807) is 0 Å². The second kappa shape index (κ2) is 9.29. The fraction of sp³-hybridized carbons (Fsp3) is 0.172. The fourth-order valence-electron chi connectivity index (χ4n) is 4.53. The highest BCUT2D eigenvalue weighted by Crippen LogP contribution is 2.22. The number of fused-ring (bicyclic) bond motifs is 1. The number of carbonyl (C=O) groups is 2. The molecule has 0 saturated carbocycles. The number of likely N-dealkylation sites (tertiary alicyclic amines) is 1. The predicted molar refractivity (Wildman–Crippen MR) is 132 cm³/mol. The van der Waals surface area contributed by atoms with Crippen LogP contribution in [0.2, 0.25) is 0 Å². The summed E-state index contributed by atoms with van der Waals surface area (Å²) in [4.78, 5) is 27.8. The van der Waals surface area contributed by atoms with Gasteiger partial charge < -0.3 is 10.2 Å². The minimum Gasteiger partial charge on any atom is -0.349 e. The number of piperidine rings is 1. The van der Waals surface area contributed by atoms with Crippen molar-refractivity contribution in [1.82, 2.24) is 10.2 Å². The normalized spacial score (nSPS) is 14.2. The molecule has 0 radical (unpaired) electrons. The average molecular weight is 435 g/mol. The third-order valence-corrected chi connectivity index (χ3v) is 6.39. The van der Waals surface area contributed by atoms with Crippen molar-refractivity contribution in [3.8, 4) is 11.1 Å². The molecule has 4 nitrogen and oxygen atoms in total.